The number of allylic oxidation sites excluding steroid dienone is 4. The number of nitrogens with zero attached hydrogens (tertiary/aromatic N) is 4. The Morgan fingerprint density at radius 3 is 0.750 bits per heavy atom. The van der Waals surface area contributed by atoms with E-state index in [1.54, 1.807) is 0 Å². The molecule has 0 bridgehead atoms. The van der Waals surface area contributed by atoms with Crippen LogP contribution >= 0.6 is 0 Å². The molecular formula is C72H56N4. The minimum atomic E-state index is 0.898. The molecule has 0 aliphatic heterocycles. The van der Waals surface area contributed by atoms with Crippen molar-refractivity contribution in [2.45, 2.75) is 12.8 Å². The topological polar surface area (TPSA) is 13.0 Å². The van der Waals surface area contributed by atoms with E-state index in [-0.39, 0.29) is 0 Å². The fourth-order valence-electron chi connectivity index (χ4n) is 10.4. The first-order valence-electron chi connectivity index (χ1n) is 26.1. The highest BCUT2D eigenvalue weighted by Gasteiger charge is 2.21. The van der Waals surface area contributed by atoms with Crippen LogP contribution < -0.4 is 19.6 Å². The van der Waals surface area contributed by atoms with Crippen LogP contribution in [-0.2, 0) is 0 Å². The van der Waals surface area contributed by atoms with Gasteiger partial charge in [0.15, 0.2) is 0 Å². The van der Waals surface area contributed by atoms with Crippen molar-refractivity contribution in [2.24, 2.45) is 0 Å². The summed E-state index contributed by atoms with van der Waals surface area (Å²) in [6.07, 6.45) is 6.45. The lowest BCUT2D eigenvalue weighted by Crippen LogP contribution is -2.17. The van der Waals surface area contributed by atoms with E-state index in [2.05, 4.69) is 335 Å². The second-order valence-electron chi connectivity index (χ2n) is 18.9. The zero-order chi connectivity index (χ0) is 50.9. The van der Waals surface area contributed by atoms with E-state index in [1.807, 2.05) is 0 Å². The van der Waals surface area contributed by atoms with Crippen LogP contribution in [0.4, 0.5) is 62.6 Å². The van der Waals surface area contributed by atoms with Crippen LogP contribution in [-0.4, -0.2) is 0 Å². The Balaban J connectivity index is 0.793. The van der Waals surface area contributed by atoms with Crippen LogP contribution in [0.15, 0.2) is 321 Å². The summed E-state index contributed by atoms with van der Waals surface area (Å²) in [5, 5.41) is 0. The Morgan fingerprint density at radius 2 is 0.447 bits per heavy atom. The van der Waals surface area contributed by atoms with Crippen molar-refractivity contribution in [1.82, 2.24) is 0 Å². The fourth-order valence-corrected chi connectivity index (χ4v) is 10.4. The predicted molar refractivity (Wildman–Crippen MR) is 322 cm³/mol. The Labute approximate surface area is 447 Å². The number of hydrogen-bond acceptors (Lipinski definition) is 4. The van der Waals surface area contributed by atoms with Crippen LogP contribution in [0.25, 0.3) is 27.8 Å². The first kappa shape index (κ1) is 47.1. The molecule has 0 amide bonds. The molecule has 0 heterocycles. The highest BCUT2D eigenvalue weighted by atomic mass is 15.2. The van der Waals surface area contributed by atoms with Crippen molar-refractivity contribution in [1.29, 1.82) is 0 Å². The third-order valence-electron chi connectivity index (χ3n) is 14.1. The molecule has 0 radical (unpaired) electrons. The van der Waals surface area contributed by atoms with Crippen molar-refractivity contribution in [2.75, 3.05) is 19.6 Å². The van der Waals surface area contributed by atoms with Gasteiger partial charge in [0, 0.05) is 68.3 Å². The molecule has 0 saturated carbocycles. The lowest BCUT2D eigenvalue weighted by Gasteiger charge is -2.30. The van der Waals surface area contributed by atoms with Gasteiger partial charge in [-0.15, -0.1) is 0 Å². The first-order chi connectivity index (χ1) is 37.7. The molecule has 11 aromatic rings. The van der Waals surface area contributed by atoms with E-state index in [0.29, 0.717) is 0 Å². The fraction of sp³-hybridized carbons (Fsp3) is 0.0278. The summed E-state index contributed by atoms with van der Waals surface area (Å²) in [6.45, 7) is 0. The molecule has 1 aliphatic carbocycles. The second kappa shape index (κ2) is 22.1. The van der Waals surface area contributed by atoms with Gasteiger partial charge in [-0.25, -0.2) is 0 Å². The molecule has 0 spiro atoms. The van der Waals surface area contributed by atoms with Crippen molar-refractivity contribution in [3.05, 3.63) is 327 Å². The maximum absolute atomic E-state index is 2.41. The minimum Gasteiger partial charge on any atom is -0.314 e. The van der Waals surface area contributed by atoms with Crippen LogP contribution in [0, 0.1) is 0 Å². The molecule has 0 aromatic heterocycles. The van der Waals surface area contributed by atoms with E-state index in [0.717, 1.165) is 75.4 Å². The van der Waals surface area contributed by atoms with Crippen LogP contribution in [0.2, 0.25) is 0 Å². The molecule has 0 atom stereocenters. The van der Waals surface area contributed by atoms with Gasteiger partial charge in [-0.2, -0.15) is 0 Å². The molecule has 12 rings (SSSR count). The summed E-state index contributed by atoms with van der Waals surface area (Å²) < 4.78 is 0. The molecule has 11 aromatic carbocycles. The van der Waals surface area contributed by atoms with Crippen molar-refractivity contribution in [3.63, 3.8) is 0 Å². The molecule has 76 heavy (non-hydrogen) atoms. The normalized spacial score (nSPS) is 12.0. The molecule has 0 unspecified atom stereocenters. The highest BCUT2D eigenvalue weighted by Crippen LogP contribution is 2.42. The maximum atomic E-state index is 2.41. The summed E-state index contributed by atoms with van der Waals surface area (Å²) in [6, 6.07) is 108. The lowest BCUT2D eigenvalue weighted by atomic mass is 9.94. The maximum Gasteiger partial charge on any atom is 0.0467 e. The summed E-state index contributed by atoms with van der Waals surface area (Å²) in [7, 11) is 0. The number of benzene rings is 11. The highest BCUT2D eigenvalue weighted by molar-refractivity contribution is 5.84. The summed E-state index contributed by atoms with van der Waals surface area (Å²) in [5.41, 5.74) is 20.8. The number of hydrogen-bond donors (Lipinski definition) is 0. The van der Waals surface area contributed by atoms with E-state index >= 15 is 0 Å². The van der Waals surface area contributed by atoms with Crippen molar-refractivity contribution >= 4 is 68.1 Å². The van der Waals surface area contributed by atoms with Crippen molar-refractivity contribution < 1.29 is 0 Å². The average molecular weight is 977 g/mol. The first-order valence-corrected chi connectivity index (χ1v) is 26.1. The van der Waals surface area contributed by atoms with Crippen LogP contribution in [0.1, 0.15) is 18.4 Å². The van der Waals surface area contributed by atoms with Gasteiger partial charge < -0.3 is 19.6 Å². The zero-order valence-corrected chi connectivity index (χ0v) is 42.2. The summed E-state index contributed by atoms with van der Waals surface area (Å²) in [5.74, 6) is 0. The quantitative estimate of drug-likeness (QED) is 0.101. The third kappa shape index (κ3) is 10.2. The molecule has 0 N–H and O–H groups in total. The number of para-hydroxylation sites is 6. The molecule has 364 valence electrons. The zero-order valence-electron chi connectivity index (χ0n) is 42.2. The summed E-state index contributed by atoms with van der Waals surface area (Å²) >= 11 is 0. The van der Waals surface area contributed by atoms with E-state index in [1.165, 1.54) is 39.1 Å². The smallest absolute Gasteiger partial charge is 0.0467 e. The van der Waals surface area contributed by atoms with Gasteiger partial charge in [0.2, 0.25) is 0 Å². The van der Waals surface area contributed by atoms with Gasteiger partial charge in [0.05, 0.1) is 0 Å². The van der Waals surface area contributed by atoms with Crippen LogP contribution in [0.5, 0.6) is 0 Å². The molecule has 0 fully saturated rings. The van der Waals surface area contributed by atoms with E-state index in [4.69, 9.17) is 0 Å². The SMILES string of the molecule is C1=C(c2cccc(N(c3ccccc3)c3ccc(-c4ccc(N(c5ccccc5)c5ccccc5)cc4)cc3)c2)CCC(N(c2ccccc2)c2ccc(-c3ccc(N(c4ccccc4)c4ccccc4)cc3)cc2)=C1. The van der Waals surface area contributed by atoms with Gasteiger partial charge in [-0.05, 0) is 186 Å². The van der Waals surface area contributed by atoms with E-state index in [9.17, 15) is 0 Å². The van der Waals surface area contributed by atoms with E-state index < -0.39 is 0 Å². The van der Waals surface area contributed by atoms with Gasteiger partial charge in [0.1, 0.15) is 0 Å². The number of rotatable bonds is 15. The number of anilines is 11. The minimum absolute atomic E-state index is 0.898. The third-order valence-corrected chi connectivity index (χ3v) is 14.1. The predicted octanol–water partition coefficient (Wildman–Crippen LogP) is 20.3. The Kier molecular flexibility index (Phi) is 13.7. The molecular weight excluding hydrogens is 921 g/mol. The second-order valence-corrected chi connectivity index (χ2v) is 18.9. The standard InChI is InChI=1S/C72H56N4/c1-7-21-61(22-8-1)73(62-23-9-2-10-24-62)67-44-34-55(35-45-67)57-38-48-69(49-39-57)75(65-29-15-5-16-30-65)70-52-42-59(43-53-70)60-20-19-33-72(54-60)76(66-31-17-6-18-32-66)71-50-40-58(41-51-71)56-36-46-68(47-37-56)74(63-25-11-3-12-26-63)64-27-13-4-14-28-64/h1-42,44-52,54H,43,53H2. The summed E-state index contributed by atoms with van der Waals surface area (Å²) in [4.78, 5) is 9.36. The molecule has 4 heteroatoms. The Hall–Kier alpha value is -9.90. The van der Waals surface area contributed by atoms with Crippen LogP contribution in [0.3, 0.4) is 0 Å². The van der Waals surface area contributed by atoms with Gasteiger partial charge in [0.25, 0.3) is 0 Å². The molecule has 1 aliphatic rings. The molecule has 0 saturated heterocycles. The van der Waals surface area contributed by atoms with Crippen molar-refractivity contribution in [3.8, 4) is 22.3 Å². The van der Waals surface area contributed by atoms with Gasteiger partial charge >= 0.3 is 0 Å². The lowest BCUT2D eigenvalue weighted by molar-refractivity contribution is 0.930. The monoisotopic (exact) mass is 976 g/mol. The van der Waals surface area contributed by atoms with Gasteiger partial charge in [-0.3, -0.25) is 0 Å². The molecule has 4 nitrogen and oxygen atoms in total. The Morgan fingerprint density at radius 1 is 0.184 bits per heavy atom. The van der Waals surface area contributed by atoms with Gasteiger partial charge in [-0.1, -0.05) is 176 Å². The Bertz CT molecular complexity index is 3620. The average Bonchev–Trinajstić information content (AvgIpc) is 3.50. The largest absolute Gasteiger partial charge is 0.314 e.